The molecule has 1 aromatic heterocycles. The lowest BCUT2D eigenvalue weighted by molar-refractivity contribution is -0.182. The molecule has 3 aliphatic rings. The molecule has 2 aromatic rings. The Balaban J connectivity index is 1.57. The van der Waals surface area contributed by atoms with E-state index in [1.54, 1.807) is 12.1 Å². The van der Waals surface area contributed by atoms with Crippen LogP contribution in [0.15, 0.2) is 28.5 Å². The number of anilines is 1. The molecule has 3 N–H and O–H groups in total. The standard InChI is InChI=1S/C28H41N3O4S2Si/c1-18(19-10-11-19)21-13-12-20-8-7-9-22(20)25(21)30-26(32)31(38(5,6)27(2,3)4)37(29,34)24-15-14-23(36-24)28(33)16-35-17-28/h12-15,18-19,29,33H,7-11,16-17H2,1-6H3,(H,30,32)/t18-,37?/m0/s1. The zero-order valence-corrected chi connectivity index (χ0v) is 26.0. The normalized spacial score (nSPS) is 21.2. The zero-order valence-electron chi connectivity index (χ0n) is 23.3. The van der Waals surface area contributed by atoms with Crippen molar-refractivity contribution in [2.24, 2.45) is 5.92 Å². The van der Waals surface area contributed by atoms with Crippen molar-refractivity contribution in [1.82, 2.24) is 3.97 Å². The molecule has 0 spiro atoms. The van der Waals surface area contributed by atoms with E-state index in [1.807, 2.05) is 13.1 Å². The van der Waals surface area contributed by atoms with E-state index in [1.165, 1.54) is 27.9 Å². The molecule has 2 atom stereocenters. The lowest BCUT2D eigenvalue weighted by Crippen LogP contribution is -2.60. The van der Waals surface area contributed by atoms with Gasteiger partial charge in [0.2, 0.25) is 0 Å². The SMILES string of the molecule is C[C@H](c1ccc2c(c1NC(=O)N([Si](C)(C)C(C)(C)C)S(=N)(=O)c1ccc(C3(O)COC3)s1)CCC2)C1CC1. The predicted octanol–water partition coefficient (Wildman–Crippen LogP) is 6.83. The predicted molar refractivity (Wildman–Crippen MR) is 156 cm³/mol. The summed E-state index contributed by atoms with van der Waals surface area (Å²) in [7, 11) is -6.49. The molecular weight excluding hydrogens is 535 g/mol. The fraction of sp³-hybridized carbons (Fsp3) is 0.607. The molecular formula is C28H41N3O4S2Si. The van der Waals surface area contributed by atoms with Crippen LogP contribution in [0.4, 0.5) is 10.5 Å². The third-order valence-electron chi connectivity index (χ3n) is 9.15. The minimum atomic E-state index is -3.69. The van der Waals surface area contributed by atoms with E-state index in [0.717, 1.165) is 41.9 Å². The number of thiophene rings is 1. The Hall–Kier alpha value is -1.72. The van der Waals surface area contributed by atoms with Crippen LogP contribution in [0.5, 0.6) is 0 Å². The molecule has 0 bridgehead atoms. The first-order valence-electron chi connectivity index (χ1n) is 13.6. The van der Waals surface area contributed by atoms with E-state index in [9.17, 15) is 18.9 Å². The number of ether oxygens (including phenoxy) is 1. The number of hydrogen-bond acceptors (Lipinski definition) is 6. The molecule has 1 aliphatic heterocycles. The van der Waals surface area contributed by atoms with Crippen molar-refractivity contribution in [3.63, 3.8) is 0 Å². The average Bonchev–Trinajstić information content (AvgIpc) is 3.31. The highest BCUT2D eigenvalue weighted by Crippen LogP contribution is 2.47. The highest BCUT2D eigenvalue weighted by atomic mass is 32.2. The molecule has 1 aromatic carbocycles. The summed E-state index contributed by atoms with van der Waals surface area (Å²) in [5, 5.41) is 13.7. The third-order valence-corrected chi connectivity index (χ3v) is 19.5. The summed E-state index contributed by atoms with van der Waals surface area (Å²) in [6.45, 7) is 12.8. The molecule has 38 heavy (non-hydrogen) atoms. The van der Waals surface area contributed by atoms with Crippen LogP contribution in [0.1, 0.15) is 74.4 Å². The Labute approximate surface area is 232 Å². The molecule has 10 heteroatoms. The van der Waals surface area contributed by atoms with Crippen LogP contribution in [0.2, 0.25) is 18.1 Å². The van der Waals surface area contributed by atoms with Gasteiger partial charge in [-0.2, -0.15) is 0 Å². The summed E-state index contributed by atoms with van der Waals surface area (Å²) in [5.74, 6) is 0.969. The van der Waals surface area contributed by atoms with Crippen LogP contribution >= 0.6 is 11.3 Å². The number of nitrogens with zero attached hydrogens (tertiary/aromatic N) is 1. The Kier molecular flexibility index (Phi) is 6.91. The first-order chi connectivity index (χ1) is 17.7. The van der Waals surface area contributed by atoms with Gasteiger partial charge in [0.15, 0.2) is 18.2 Å². The maximum absolute atomic E-state index is 14.5. The lowest BCUT2D eigenvalue weighted by Gasteiger charge is -2.45. The van der Waals surface area contributed by atoms with Crippen LogP contribution in [0.3, 0.4) is 0 Å². The Morgan fingerprint density at radius 3 is 2.50 bits per heavy atom. The third kappa shape index (κ3) is 4.66. The molecule has 0 radical (unpaired) electrons. The van der Waals surface area contributed by atoms with Gasteiger partial charge >= 0.3 is 6.03 Å². The fourth-order valence-electron chi connectivity index (χ4n) is 5.46. The van der Waals surface area contributed by atoms with Gasteiger partial charge in [0, 0.05) is 10.6 Å². The number of fused-ring (bicyclic) bond motifs is 1. The minimum Gasteiger partial charge on any atom is -0.379 e. The summed E-state index contributed by atoms with van der Waals surface area (Å²) in [4.78, 5) is 15.0. The van der Waals surface area contributed by atoms with Crippen molar-refractivity contribution in [2.45, 2.75) is 93.7 Å². The number of hydrogen-bond donors (Lipinski definition) is 3. The van der Waals surface area contributed by atoms with E-state index in [4.69, 9.17) is 4.74 Å². The molecule has 1 saturated carbocycles. The van der Waals surface area contributed by atoms with Crippen molar-refractivity contribution in [1.29, 1.82) is 4.78 Å². The summed E-state index contributed by atoms with van der Waals surface area (Å²) in [6, 6.07) is 7.29. The van der Waals surface area contributed by atoms with Gasteiger partial charge in [0.05, 0.1) is 13.2 Å². The van der Waals surface area contributed by atoms with Gasteiger partial charge in [0.1, 0.15) is 9.81 Å². The molecule has 7 nitrogen and oxygen atoms in total. The molecule has 2 heterocycles. The van der Waals surface area contributed by atoms with Gasteiger partial charge in [0.25, 0.3) is 0 Å². The van der Waals surface area contributed by atoms with E-state index in [-0.39, 0.29) is 22.5 Å². The molecule has 208 valence electrons. The first kappa shape index (κ1) is 27.8. The topological polar surface area (TPSA) is 103 Å². The number of nitrogens with one attached hydrogen (secondary N) is 2. The van der Waals surface area contributed by atoms with E-state index in [0.29, 0.717) is 16.7 Å². The number of amides is 2. The maximum Gasteiger partial charge on any atom is 0.326 e. The van der Waals surface area contributed by atoms with Crippen LogP contribution in [0, 0.1) is 10.7 Å². The molecule has 2 fully saturated rings. The van der Waals surface area contributed by atoms with E-state index in [2.05, 4.69) is 45.1 Å². The first-order valence-corrected chi connectivity index (χ1v) is 18.9. The highest BCUT2D eigenvalue weighted by molar-refractivity contribution is 7.94. The van der Waals surface area contributed by atoms with E-state index < -0.39 is 29.8 Å². The Bertz CT molecular complexity index is 1350. The number of urea groups is 1. The van der Waals surface area contributed by atoms with Crippen molar-refractivity contribution >= 4 is 41.2 Å². The summed E-state index contributed by atoms with van der Waals surface area (Å²) in [6.07, 6.45) is 5.40. The summed E-state index contributed by atoms with van der Waals surface area (Å²) < 4.78 is 30.6. The van der Waals surface area contributed by atoms with Crippen molar-refractivity contribution < 1.29 is 18.8 Å². The number of rotatable bonds is 7. The van der Waals surface area contributed by atoms with Gasteiger partial charge in [-0.3, -0.25) is 3.97 Å². The van der Waals surface area contributed by atoms with Crippen LogP contribution < -0.4 is 5.32 Å². The smallest absolute Gasteiger partial charge is 0.326 e. The van der Waals surface area contributed by atoms with Crippen LogP contribution in [-0.2, 0) is 33.1 Å². The molecule has 5 rings (SSSR count). The van der Waals surface area contributed by atoms with Crippen molar-refractivity contribution in [2.75, 3.05) is 18.5 Å². The van der Waals surface area contributed by atoms with Crippen molar-refractivity contribution in [3.8, 4) is 0 Å². The van der Waals surface area contributed by atoms with Gasteiger partial charge in [-0.1, -0.05) is 39.8 Å². The number of aliphatic hydroxyl groups is 1. The second-order valence-electron chi connectivity index (χ2n) is 12.8. The van der Waals surface area contributed by atoms with Crippen LogP contribution in [0.25, 0.3) is 0 Å². The Morgan fingerprint density at radius 1 is 1.24 bits per heavy atom. The van der Waals surface area contributed by atoms with Gasteiger partial charge in [-0.25, -0.2) is 13.8 Å². The summed E-state index contributed by atoms with van der Waals surface area (Å²) in [5.41, 5.74) is 3.38. The zero-order chi connectivity index (χ0) is 27.7. The summed E-state index contributed by atoms with van der Waals surface area (Å²) >= 11 is 1.15. The largest absolute Gasteiger partial charge is 0.379 e. The fourth-order valence-corrected chi connectivity index (χ4v) is 13.0. The minimum absolute atomic E-state index is 0.180. The molecule has 1 unspecified atom stereocenters. The molecule has 1 saturated heterocycles. The van der Waals surface area contributed by atoms with Gasteiger partial charge in [-0.15, -0.1) is 11.3 Å². The second-order valence-corrected chi connectivity index (χ2v) is 21.4. The average molecular weight is 576 g/mol. The quantitative estimate of drug-likeness (QED) is 0.315. The van der Waals surface area contributed by atoms with Gasteiger partial charge in [-0.05, 0) is 90.9 Å². The van der Waals surface area contributed by atoms with Gasteiger partial charge < -0.3 is 15.2 Å². The Morgan fingerprint density at radius 2 is 1.92 bits per heavy atom. The number of carbonyl (C=O) groups excluding carboxylic acids is 1. The van der Waals surface area contributed by atoms with Crippen LogP contribution in [-0.4, -0.2) is 40.8 Å². The number of aryl methyl sites for hydroxylation is 1. The molecule has 2 aliphatic carbocycles. The number of benzene rings is 1. The highest BCUT2D eigenvalue weighted by Gasteiger charge is 2.50. The number of carbonyl (C=O) groups is 1. The van der Waals surface area contributed by atoms with E-state index >= 15 is 0 Å². The maximum atomic E-state index is 14.5. The second kappa shape index (κ2) is 9.44. The monoisotopic (exact) mass is 575 g/mol. The lowest BCUT2D eigenvalue weighted by atomic mass is 9.91. The molecule has 2 amide bonds. The van der Waals surface area contributed by atoms with Crippen molar-refractivity contribution in [3.05, 3.63) is 45.8 Å².